The van der Waals surface area contributed by atoms with E-state index in [2.05, 4.69) is 10.3 Å². The molecule has 3 heterocycles. The second-order valence-corrected chi connectivity index (χ2v) is 7.70. The Morgan fingerprint density at radius 3 is 2.67 bits per heavy atom. The molecule has 1 aromatic rings. The number of amides is 2. The molecule has 2 saturated heterocycles. The molecular formula is C18H24N4O5. The second kappa shape index (κ2) is 6.97. The van der Waals surface area contributed by atoms with Crippen LogP contribution in [0.5, 0.6) is 5.88 Å². The molecule has 146 valence electrons. The number of hydrogen-bond acceptors (Lipinski definition) is 7. The molecule has 2 aliphatic heterocycles. The van der Waals surface area contributed by atoms with Crippen molar-refractivity contribution < 1.29 is 24.2 Å². The molecule has 0 unspecified atom stereocenters. The third kappa shape index (κ3) is 3.98. The molecule has 1 aliphatic carbocycles. The van der Waals surface area contributed by atoms with E-state index in [0.29, 0.717) is 31.5 Å². The quantitative estimate of drug-likeness (QED) is 0.554. The first kappa shape index (κ1) is 18.0. The number of β-amino-alcohol motifs (C(OH)–C–C–N with tert-alkyl or cyclic N) is 1. The zero-order valence-corrected chi connectivity index (χ0v) is 15.0. The summed E-state index contributed by atoms with van der Waals surface area (Å²) in [6, 6.07) is 3.41. The van der Waals surface area contributed by atoms with Crippen LogP contribution < -0.4 is 20.7 Å². The molecule has 2 amide bonds. The van der Waals surface area contributed by atoms with Crippen LogP contribution in [0.4, 0.5) is 5.69 Å². The summed E-state index contributed by atoms with van der Waals surface area (Å²) in [5, 5.41) is 12.4. The van der Waals surface area contributed by atoms with Gasteiger partial charge in [-0.3, -0.25) is 9.59 Å². The number of carbonyl (C=O) groups excluding carboxylic acids is 2. The van der Waals surface area contributed by atoms with Crippen LogP contribution in [0.2, 0.25) is 0 Å². The van der Waals surface area contributed by atoms with Crippen LogP contribution >= 0.6 is 0 Å². The van der Waals surface area contributed by atoms with E-state index in [4.69, 9.17) is 15.2 Å². The van der Waals surface area contributed by atoms with Crippen LogP contribution in [0, 0.1) is 5.92 Å². The molecule has 27 heavy (non-hydrogen) atoms. The summed E-state index contributed by atoms with van der Waals surface area (Å²) in [6.07, 6.45) is 1.96. The van der Waals surface area contributed by atoms with E-state index in [0.717, 1.165) is 18.5 Å². The molecule has 9 nitrogen and oxygen atoms in total. The van der Waals surface area contributed by atoms with Gasteiger partial charge in [-0.05, 0) is 30.9 Å². The summed E-state index contributed by atoms with van der Waals surface area (Å²) in [7, 11) is 0. The van der Waals surface area contributed by atoms with Crippen LogP contribution in [0.25, 0.3) is 0 Å². The van der Waals surface area contributed by atoms with Crippen molar-refractivity contribution in [2.45, 2.75) is 30.9 Å². The van der Waals surface area contributed by atoms with Gasteiger partial charge in [-0.1, -0.05) is 0 Å². The van der Waals surface area contributed by atoms with E-state index < -0.39 is 17.4 Å². The zero-order chi connectivity index (χ0) is 19.0. The van der Waals surface area contributed by atoms with Crippen LogP contribution in [-0.2, 0) is 9.53 Å². The van der Waals surface area contributed by atoms with Gasteiger partial charge in [-0.15, -0.1) is 0 Å². The SMILES string of the molecule is NC(=O)CC1(NC(=O)c2ccc(N3CC(O)C3)c(OCC3CC3)n2)COC1. The molecule has 4 N–H and O–H groups in total. The lowest BCUT2D eigenvalue weighted by Crippen LogP contribution is -2.63. The largest absolute Gasteiger partial charge is 0.476 e. The molecule has 3 aliphatic rings. The normalized spacial score (nSPS) is 21.1. The second-order valence-electron chi connectivity index (χ2n) is 7.70. The predicted octanol–water partition coefficient (Wildman–Crippen LogP) is -0.574. The number of nitrogens with two attached hydrogens (primary N) is 1. The maximum atomic E-state index is 12.7. The van der Waals surface area contributed by atoms with Crippen LogP contribution in [0.15, 0.2) is 12.1 Å². The number of hydrogen-bond donors (Lipinski definition) is 3. The number of primary amides is 1. The maximum Gasteiger partial charge on any atom is 0.270 e. The summed E-state index contributed by atoms with van der Waals surface area (Å²) in [5.74, 6) is 0.0538. The molecule has 0 atom stereocenters. The number of aromatic nitrogens is 1. The summed E-state index contributed by atoms with van der Waals surface area (Å²) in [5.41, 5.74) is 5.50. The van der Waals surface area contributed by atoms with Gasteiger partial charge in [0.1, 0.15) is 11.4 Å². The first-order valence-corrected chi connectivity index (χ1v) is 9.19. The van der Waals surface area contributed by atoms with E-state index in [1.807, 2.05) is 4.90 Å². The van der Waals surface area contributed by atoms with Crippen molar-refractivity contribution in [1.29, 1.82) is 0 Å². The third-order valence-electron chi connectivity index (χ3n) is 5.08. The Bertz CT molecular complexity index is 741. The van der Waals surface area contributed by atoms with Crippen molar-refractivity contribution in [2.24, 2.45) is 11.7 Å². The number of pyridine rings is 1. The fourth-order valence-corrected chi connectivity index (χ4v) is 3.25. The Labute approximate surface area is 156 Å². The van der Waals surface area contributed by atoms with Gasteiger partial charge in [0.05, 0.1) is 37.9 Å². The van der Waals surface area contributed by atoms with Crippen LogP contribution in [-0.4, -0.2) is 66.5 Å². The summed E-state index contributed by atoms with van der Waals surface area (Å²) >= 11 is 0. The summed E-state index contributed by atoms with van der Waals surface area (Å²) in [4.78, 5) is 30.3. The molecular weight excluding hydrogens is 352 g/mol. The number of aliphatic hydroxyl groups excluding tert-OH is 1. The Morgan fingerprint density at radius 2 is 2.11 bits per heavy atom. The average Bonchev–Trinajstić information content (AvgIpc) is 3.39. The van der Waals surface area contributed by atoms with Gasteiger partial charge in [0, 0.05) is 13.1 Å². The van der Waals surface area contributed by atoms with Crippen molar-refractivity contribution in [3.05, 3.63) is 17.8 Å². The average molecular weight is 376 g/mol. The maximum absolute atomic E-state index is 12.7. The van der Waals surface area contributed by atoms with Gasteiger partial charge in [-0.2, -0.15) is 0 Å². The van der Waals surface area contributed by atoms with Gasteiger partial charge in [-0.25, -0.2) is 4.98 Å². The number of carbonyl (C=O) groups is 2. The molecule has 1 saturated carbocycles. The third-order valence-corrected chi connectivity index (χ3v) is 5.08. The highest BCUT2D eigenvalue weighted by atomic mass is 16.5. The van der Waals surface area contributed by atoms with E-state index >= 15 is 0 Å². The summed E-state index contributed by atoms with van der Waals surface area (Å²) in [6.45, 7) is 2.10. The number of rotatable bonds is 8. The molecule has 3 fully saturated rings. The van der Waals surface area contributed by atoms with Crippen molar-refractivity contribution in [3.63, 3.8) is 0 Å². The van der Waals surface area contributed by atoms with E-state index in [1.54, 1.807) is 12.1 Å². The highest BCUT2D eigenvalue weighted by Crippen LogP contribution is 2.34. The minimum atomic E-state index is -0.764. The molecule has 0 bridgehead atoms. The highest BCUT2D eigenvalue weighted by Gasteiger charge is 2.42. The Morgan fingerprint density at radius 1 is 1.37 bits per heavy atom. The van der Waals surface area contributed by atoms with E-state index in [9.17, 15) is 14.7 Å². The topological polar surface area (TPSA) is 127 Å². The lowest BCUT2D eigenvalue weighted by atomic mass is 9.92. The Balaban J connectivity index is 1.50. The van der Waals surface area contributed by atoms with Gasteiger partial charge in [0.2, 0.25) is 11.8 Å². The predicted molar refractivity (Wildman–Crippen MR) is 95.5 cm³/mol. The Hall–Kier alpha value is -2.39. The number of anilines is 1. The highest BCUT2D eigenvalue weighted by molar-refractivity contribution is 5.94. The fourth-order valence-electron chi connectivity index (χ4n) is 3.25. The van der Waals surface area contributed by atoms with Gasteiger partial charge >= 0.3 is 0 Å². The van der Waals surface area contributed by atoms with E-state index in [1.165, 1.54) is 0 Å². The van der Waals surface area contributed by atoms with Crippen LogP contribution in [0.3, 0.4) is 0 Å². The number of aliphatic hydroxyl groups is 1. The van der Waals surface area contributed by atoms with Crippen molar-refractivity contribution in [2.75, 3.05) is 37.8 Å². The molecule has 0 spiro atoms. The fraction of sp³-hybridized carbons (Fsp3) is 0.611. The minimum Gasteiger partial charge on any atom is -0.476 e. The van der Waals surface area contributed by atoms with E-state index in [-0.39, 0.29) is 31.4 Å². The first-order valence-electron chi connectivity index (χ1n) is 9.19. The monoisotopic (exact) mass is 376 g/mol. The molecule has 0 aromatic carbocycles. The molecule has 0 radical (unpaired) electrons. The number of ether oxygens (including phenoxy) is 2. The van der Waals surface area contributed by atoms with Gasteiger partial charge < -0.3 is 30.5 Å². The smallest absolute Gasteiger partial charge is 0.270 e. The number of nitrogens with one attached hydrogen (secondary N) is 1. The zero-order valence-electron chi connectivity index (χ0n) is 15.0. The summed E-state index contributed by atoms with van der Waals surface area (Å²) < 4.78 is 11.0. The number of nitrogens with zero attached hydrogens (tertiary/aromatic N) is 2. The lowest BCUT2D eigenvalue weighted by Gasteiger charge is -2.41. The molecule has 9 heteroatoms. The van der Waals surface area contributed by atoms with Gasteiger partial charge in [0.25, 0.3) is 5.91 Å². The lowest BCUT2D eigenvalue weighted by molar-refractivity contribution is -0.127. The molecule has 1 aromatic heterocycles. The molecule has 4 rings (SSSR count). The Kier molecular flexibility index (Phi) is 4.65. The first-order chi connectivity index (χ1) is 12.9. The van der Waals surface area contributed by atoms with Crippen molar-refractivity contribution >= 4 is 17.5 Å². The van der Waals surface area contributed by atoms with Crippen molar-refractivity contribution in [1.82, 2.24) is 10.3 Å². The van der Waals surface area contributed by atoms with Gasteiger partial charge in [0.15, 0.2) is 0 Å². The minimum absolute atomic E-state index is 0.0214. The van der Waals surface area contributed by atoms with Crippen LogP contribution in [0.1, 0.15) is 29.8 Å². The van der Waals surface area contributed by atoms with Crippen molar-refractivity contribution in [3.8, 4) is 5.88 Å². The standard InChI is InChI=1S/C18H24N4O5/c19-15(24)5-18(9-26-10-18)21-16(25)13-3-4-14(22-6-12(23)7-22)17(20-13)27-8-11-1-2-11/h3-4,11-12,23H,1-2,5-10H2,(H2,19,24)(H,21,25).